The first kappa shape index (κ1) is 7.80. The van der Waals surface area contributed by atoms with E-state index in [2.05, 4.69) is 4.84 Å². The number of aliphatic hydroxyl groups is 1. The quantitative estimate of drug-likeness (QED) is 0.436. The lowest BCUT2D eigenvalue weighted by Gasteiger charge is -2.06. The van der Waals surface area contributed by atoms with Crippen molar-refractivity contribution in [2.24, 2.45) is 0 Å². The summed E-state index contributed by atoms with van der Waals surface area (Å²) in [5.41, 5.74) is 0. The van der Waals surface area contributed by atoms with Gasteiger partial charge >= 0.3 is 0 Å². The largest absolute Gasteiger partial charge is 0.391 e. The number of hydrogen-bond acceptors (Lipinski definition) is 5. The van der Waals surface area contributed by atoms with E-state index in [4.69, 9.17) is 15.5 Å². The first-order valence-corrected chi connectivity index (χ1v) is 2.12. The van der Waals surface area contributed by atoms with Gasteiger partial charge in [0, 0.05) is 0 Å². The van der Waals surface area contributed by atoms with Crippen molar-refractivity contribution in [3.05, 3.63) is 0 Å². The second-order valence-electron chi connectivity index (χ2n) is 1.40. The van der Waals surface area contributed by atoms with Crippen LogP contribution < -0.4 is 0 Å². The molecule has 0 aromatic rings. The highest BCUT2D eigenvalue weighted by molar-refractivity contribution is 4.36. The van der Waals surface area contributed by atoms with Gasteiger partial charge in [-0.05, 0) is 6.92 Å². The monoisotopic (exact) mass is 123 g/mol. The lowest BCUT2D eigenvalue weighted by molar-refractivity contribution is -0.495. The molecule has 50 valence electrons. The average molecular weight is 123 g/mol. The molecule has 8 heavy (non-hydrogen) atoms. The van der Waals surface area contributed by atoms with Crippen molar-refractivity contribution in [1.29, 1.82) is 0 Å². The Hall–Kier alpha value is -0.200. The Morgan fingerprint density at radius 2 is 2.12 bits per heavy atom. The van der Waals surface area contributed by atoms with Gasteiger partial charge < -0.3 is 5.11 Å². The lowest BCUT2D eigenvalue weighted by Crippen LogP contribution is -2.20. The summed E-state index contributed by atoms with van der Waals surface area (Å²) in [5.74, 6) is 0. The third-order valence-corrected chi connectivity index (χ3v) is 0.431. The van der Waals surface area contributed by atoms with Crippen molar-refractivity contribution < 1.29 is 20.4 Å². The third kappa shape index (κ3) is 5.80. The van der Waals surface area contributed by atoms with Gasteiger partial charge in [0.15, 0.2) is 0 Å². The number of nitrogens with zero attached hydrogens (tertiary/aromatic N) is 1. The van der Waals surface area contributed by atoms with Crippen molar-refractivity contribution >= 4 is 0 Å². The average Bonchev–Trinajstić information content (AvgIpc) is 1.61. The predicted molar refractivity (Wildman–Crippen MR) is 23.0 cm³/mol. The molecule has 0 spiro atoms. The molecule has 1 unspecified atom stereocenters. The van der Waals surface area contributed by atoms with Crippen LogP contribution in [0.25, 0.3) is 0 Å². The van der Waals surface area contributed by atoms with E-state index in [9.17, 15) is 0 Å². The van der Waals surface area contributed by atoms with Crippen LogP contribution in [0.2, 0.25) is 0 Å². The topological polar surface area (TPSA) is 73.2 Å². The Morgan fingerprint density at radius 3 is 2.25 bits per heavy atom. The molecular weight excluding hydrogens is 114 g/mol. The standard InChI is InChI=1S/C3H9NO4/c1-3(5)2-8-4(6)7/h3,5-7H,2H2,1H3. The van der Waals surface area contributed by atoms with E-state index < -0.39 is 11.5 Å². The molecule has 5 heteroatoms. The zero-order valence-corrected chi connectivity index (χ0v) is 4.48. The Kier molecular flexibility index (Phi) is 3.67. The van der Waals surface area contributed by atoms with Gasteiger partial charge in [-0.2, -0.15) is 0 Å². The van der Waals surface area contributed by atoms with Crippen LogP contribution in [0.4, 0.5) is 0 Å². The van der Waals surface area contributed by atoms with Gasteiger partial charge in [-0.1, -0.05) is 0 Å². The van der Waals surface area contributed by atoms with Crippen molar-refractivity contribution in [3.8, 4) is 0 Å². The molecule has 0 aromatic heterocycles. The summed E-state index contributed by atoms with van der Waals surface area (Å²) in [6.07, 6.45) is -0.697. The number of aliphatic hydroxyl groups excluding tert-OH is 1. The zero-order chi connectivity index (χ0) is 6.57. The first-order chi connectivity index (χ1) is 3.63. The summed E-state index contributed by atoms with van der Waals surface area (Å²) in [7, 11) is 0. The van der Waals surface area contributed by atoms with Crippen LogP contribution in [-0.2, 0) is 4.84 Å². The Labute approximate surface area is 46.6 Å². The maximum absolute atomic E-state index is 8.43. The van der Waals surface area contributed by atoms with Gasteiger partial charge in [0.25, 0.3) is 0 Å². The second-order valence-corrected chi connectivity index (χ2v) is 1.40. The van der Waals surface area contributed by atoms with Crippen molar-refractivity contribution in [1.82, 2.24) is 5.39 Å². The number of rotatable bonds is 3. The third-order valence-electron chi connectivity index (χ3n) is 0.431. The fourth-order valence-corrected chi connectivity index (χ4v) is 0.175. The molecule has 0 heterocycles. The summed E-state index contributed by atoms with van der Waals surface area (Å²) >= 11 is 0. The first-order valence-electron chi connectivity index (χ1n) is 2.12. The van der Waals surface area contributed by atoms with Crippen molar-refractivity contribution in [2.75, 3.05) is 6.61 Å². The van der Waals surface area contributed by atoms with E-state index >= 15 is 0 Å². The summed E-state index contributed by atoms with van der Waals surface area (Å²) in [6, 6.07) is 0. The van der Waals surface area contributed by atoms with Crippen LogP contribution in [0.3, 0.4) is 0 Å². The highest BCUT2D eigenvalue weighted by Crippen LogP contribution is 1.82. The van der Waals surface area contributed by atoms with Gasteiger partial charge in [0.2, 0.25) is 0 Å². The van der Waals surface area contributed by atoms with Gasteiger partial charge in [-0.15, -0.1) is 0 Å². The Bertz CT molecular complexity index is 47.2. The maximum Gasteiger partial charge on any atom is 0.0992 e. The molecule has 0 bridgehead atoms. The molecule has 0 rings (SSSR count). The molecular formula is C3H9NO4. The molecule has 0 saturated heterocycles. The summed E-state index contributed by atoms with van der Waals surface area (Å²) in [4.78, 5) is 4.00. The van der Waals surface area contributed by atoms with Gasteiger partial charge in [-0.3, -0.25) is 10.4 Å². The highest BCUT2D eigenvalue weighted by atomic mass is 17.1. The van der Waals surface area contributed by atoms with Gasteiger partial charge in [0.05, 0.1) is 18.1 Å². The molecule has 0 radical (unpaired) electrons. The molecule has 5 nitrogen and oxygen atoms in total. The summed E-state index contributed by atoms with van der Waals surface area (Å²) < 4.78 is 0. The molecule has 0 aliphatic heterocycles. The van der Waals surface area contributed by atoms with E-state index in [0.29, 0.717) is 0 Å². The second kappa shape index (κ2) is 3.76. The predicted octanol–water partition coefficient (Wildman–Crippen LogP) is -0.621. The SMILES string of the molecule is CC(O)CON(O)O. The Balaban J connectivity index is 2.93. The number of hydrogen-bond donors (Lipinski definition) is 3. The molecule has 0 aliphatic carbocycles. The molecule has 3 N–H and O–H groups in total. The van der Waals surface area contributed by atoms with Crippen LogP contribution >= 0.6 is 0 Å². The van der Waals surface area contributed by atoms with E-state index in [0.717, 1.165) is 0 Å². The Morgan fingerprint density at radius 1 is 1.62 bits per heavy atom. The zero-order valence-electron chi connectivity index (χ0n) is 4.48. The molecule has 1 atom stereocenters. The molecule has 0 aliphatic rings. The van der Waals surface area contributed by atoms with Gasteiger partial charge in [0.1, 0.15) is 0 Å². The minimum Gasteiger partial charge on any atom is -0.391 e. The molecule has 0 fully saturated rings. The van der Waals surface area contributed by atoms with Gasteiger partial charge in [-0.25, -0.2) is 4.84 Å². The van der Waals surface area contributed by atoms with E-state index in [1.807, 2.05) is 0 Å². The lowest BCUT2D eigenvalue weighted by atomic mass is 10.5. The van der Waals surface area contributed by atoms with Crippen molar-refractivity contribution in [2.45, 2.75) is 13.0 Å². The van der Waals surface area contributed by atoms with E-state index in [-0.39, 0.29) is 6.61 Å². The minimum absolute atomic E-state index is 0.132. The van der Waals surface area contributed by atoms with E-state index in [1.165, 1.54) is 6.92 Å². The van der Waals surface area contributed by atoms with Crippen LogP contribution in [0, 0.1) is 0 Å². The van der Waals surface area contributed by atoms with E-state index in [1.54, 1.807) is 0 Å². The highest BCUT2D eigenvalue weighted by Gasteiger charge is 1.97. The van der Waals surface area contributed by atoms with Crippen LogP contribution in [0.5, 0.6) is 0 Å². The molecule has 0 amide bonds. The fourth-order valence-electron chi connectivity index (χ4n) is 0.175. The summed E-state index contributed by atoms with van der Waals surface area (Å²) in [6.45, 7) is 1.33. The summed E-state index contributed by atoms with van der Waals surface area (Å²) in [5, 5.41) is 23.7. The molecule has 0 saturated carbocycles. The van der Waals surface area contributed by atoms with Crippen LogP contribution in [-0.4, -0.2) is 33.6 Å². The normalized spacial score (nSPS) is 14.6. The van der Waals surface area contributed by atoms with Crippen LogP contribution in [0.1, 0.15) is 6.92 Å². The smallest absolute Gasteiger partial charge is 0.0992 e. The maximum atomic E-state index is 8.43. The van der Waals surface area contributed by atoms with Crippen molar-refractivity contribution in [3.63, 3.8) is 0 Å². The molecule has 0 aromatic carbocycles. The fraction of sp³-hybridized carbons (Fsp3) is 1.00. The minimum atomic E-state index is -0.697. The van der Waals surface area contributed by atoms with Crippen LogP contribution in [0.15, 0.2) is 0 Å².